The quantitative estimate of drug-likeness (QED) is 0.114. The van der Waals surface area contributed by atoms with E-state index in [0.29, 0.717) is 0 Å². The molecule has 3 aromatic heterocycles. The van der Waals surface area contributed by atoms with E-state index >= 15 is 0 Å². The monoisotopic (exact) mass is 1230 g/mol. The number of aromatic nitrogens is 3. The van der Waals surface area contributed by atoms with Crippen LogP contribution >= 0.6 is 0 Å². The molecule has 390 valence electrons. The van der Waals surface area contributed by atoms with Gasteiger partial charge in [0.25, 0.3) is 0 Å². The molecule has 0 saturated heterocycles. The molecule has 4 heteroatoms. The molecule has 0 radical (unpaired) electrons. The number of pyridine rings is 3. The Bertz CT molecular complexity index is 4420. The zero-order valence-electron chi connectivity index (χ0n) is 45.0. The molecule has 0 atom stereocenters. The van der Waals surface area contributed by atoms with Gasteiger partial charge in [-0.2, -0.15) is 0 Å². The van der Waals surface area contributed by atoms with Crippen LogP contribution in [0, 0.1) is 18.2 Å². The van der Waals surface area contributed by atoms with Gasteiger partial charge in [0.2, 0.25) is 0 Å². The van der Waals surface area contributed by atoms with Crippen molar-refractivity contribution in [2.45, 2.75) is 0 Å². The minimum absolute atomic E-state index is 0. The summed E-state index contributed by atoms with van der Waals surface area (Å²) >= 11 is 0. The van der Waals surface area contributed by atoms with Crippen LogP contribution in [-0.2, 0) is 20.1 Å². The Hall–Kier alpha value is -10.2. The predicted octanol–water partition coefficient (Wildman–Crippen LogP) is 20.4. The Morgan fingerprint density at radius 3 is 1.16 bits per heavy atom. The van der Waals surface area contributed by atoms with Gasteiger partial charge in [0.05, 0.1) is 0 Å². The van der Waals surface area contributed by atoms with Crippen molar-refractivity contribution in [1.29, 1.82) is 0 Å². The summed E-state index contributed by atoms with van der Waals surface area (Å²) in [4.78, 5) is 14.3. The minimum atomic E-state index is 0. The first kappa shape index (κ1) is 52.2. The molecule has 0 bridgehead atoms. The second-order valence-corrected chi connectivity index (χ2v) is 20.4. The van der Waals surface area contributed by atoms with Crippen LogP contribution in [-0.4, -0.2) is 15.0 Å². The van der Waals surface area contributed by atoms with Gasteiger partial charge in [0, 0.05) is 18.6 Å². The third kappa shape index (κ3) is 10.7. The topological polar surface area (TPSA) is 38.7 Å². The van der Waals surface area contributed by atoms with Crippen molar-refractivity contribution in [3.8, 4) is 134 Å². The van der Waals surface area contributed by atoms with Crippen molar-refractivity contribution in [2.24, 2.45) is 0 Å². The second kappa shape index (κ2) is 23.5. The van der Waals surface area contributed by atoms with Gasteiger partial charge in [0.1, 0.15) is 0 Å². The van der Waals surface area contributed by atoms with E-state index in [1.165, 1.54) is 16.7 Å². The second-order valence-electron chi connectivity index (χ2n) is 20.4. The average molecular weight is 1230 g/mol. The van der Waals surface area contributed by atoms with E-state index in [1.807, 2.05) is 55.0 Å². The number of rotatable bonds is 12. The number of hydrogen-bond donors (Lipinski definition) is 0. The molecule has 0 fully saturated rings. The molecule has 11 aromatic carbocycles. The van der Waals surface area contributed by atoms with Crippen LogP contribution in [0.15, 0.2) is 304 Å². The van der Waals surface area contributed by atoms with Crippen LogP contribution in [0.3, 0.4) is 0 Å². The molecule has 0 aliphatic heterocycles. The average Bonchev–Trinajstić information content (AvgIpc) is 3.72. The van der Waals surface area contributed by atoms with Crippen LogP contribution in [0.1, 0.15) is 0 Å². The molecule has 0 saturated carbocycles. The van der Waals surface area contributed by atoms with Crippen LogP contribution in [0.4, 0.5) is 0 Å². The number of hydrogen-bond acceptors (Lipinski definition) is 3. The van der Waals surface area contributed by atoms with E-state index in [2.05, 4.69) is 277 Å². The van der Waals surface area contributed by atoms with E-state index in [9.17, 15) is 0 Å². The Morgan fingerprint density at radius 2 is 0.651 bits per heavy atom. The fourth-order valence-corrected chi connectivity index (χ4v) is 11.3. The SMILES string of the molecule is [Ir+3].[c-]1cc(-c2ccccc2-c2cc(-c3ccccc3-c3c[c-]c(-c4ccccn4)cc3)cc(-c3ccccc3-c3c[c-]c(-c4nccc5cc(-c6ccccc6)ccc45)cc3-c3ccc(-c4ccccc4)cc3)c2)ccc1-c1ccccn1. The fraction of sp³-hybridized carbons (Fsp3) is 0. The van der Waals surface area contributed by atoms with E-state index in [4.69, 9.17) is 4.98 Å². The van der Waals surface area contributed by atoms with Crippen LogP contribution in [0.25, 0.3) is 145 Å². The molecule has 0 unspecified atom stereocenters. The first-order valence-electron chi connectivity index (χ1n) is 27.6. The van der Waals surface area contributed by atoms with E-state index in [0.717, 1.165) is 128 Å². The third-order valence-corrected chi connectivity index (χ3v) is 15.4. The van der Waals surface area contributed by atoms with Crippen molar-refractivity contribution in [1.82, 2.24) is 15.0 Å². The molecule has 14 aromatic rings. The van der Waals surface area contributed by atoms with E-state index in [-0.39, 0.29) is 20.1 Å². The zero-order chi connectivity index (χ0) is 54.6. The van der Waals surface area contributed by atoms with Gasteiger partial charge in [-0.25, -0.2) is 0 Å². The van der Waals surface area contributed by atoms with Gasteiger partial charge < -0.3 is 15.0 Å². The molecule has 0 aliphatic rings. The molecule has 3 nitrogen and oxygen atoms in total. The van der Waals surface area contributed by atoms with Gasteiger partial charge in [-0.3, -0.25) is 0 Å². The van der Waals surface area contributed by atoms with Gasteiger partial charge in [-0.05, 0) is 132 Å². The molecule has 14 rings (SSSR count). The van der Waals surface area contributed by atoms with Crippen molar-refractivity contribution >= 4 is 10.8 Å². The first-order valence-corrected chi connectivity index (χ1v) is 27.6. The Kier molecular flexibility index (Phi) is 14.8. The van der Waals surface area contributed by atoms with Gasteiger partial charge in [-0.15, -0.1) is 83.4 Å². The van der Waals surface area contributed by atoms with E-state index < -0.39 is 0 Å². The van der Waals surface area contributed by atoms with Crippen LogP contribution < -0.4 is 0 Å². The number of fused-ring (bicyclic) bond motifs is 1. The maximum atomic E-state index is 5.07. The Balaban J connectivity index is 0.00000645. The number of nitrogens with zero attached hydrogens (tertiary/aromatic N) is 3. The summed E-state index contributed by atoms with van der Waals surface area (Å²) in [5.74, 6) is 0. The molecule has 0 aliphatic carbocycles. The first-order chi connectivity index (χ1) is 40.6. The molecular formula is C79H50IrN3. The Morgan fingerprint density at radius 1 is 0.229 bits per heavy atom. The minimum Gasteiger partial charge on any atom is -0.305 e. The summed E-state index contributed by atoms with van der Waals surface area (Å²) in [7, 11) is 0. The smallest absolute Gasteiger partial charge is 0.305 e. The maximum Gasteiger partial charge on any atom is 3.00 e. The third-order valence-electron chi connectivity index (χ3n) is 15.4. The van der Waals surface area contributed by atoms with Crippen molar-refractivity contribution in [3.63, 3.8) is 0 Å². The van der Waals surface area contributed by atoms with Crippen molar-refractivity contribution < 1.29 is 20.1 Å². The van der Waals surface area contributed by atoms with Crippen molar-refractivity contribution in [2.75, 3.05) is 0 Å². The number of benzene rings is 11. The summed E-state index contributed by atoms with van der Waals surface area (Å²) < 4.78 is 0. The van der Waals surface area contributed by atoms with E-state index in [1.54, 1.807) is 0 Å². The molecule has 0 N–H and O–H groups in total. The summed E-state index contributed by atoms with van der Waals surface area (Å²) in [6.45, 7) is 0. The summed E-state index contributed by atoms with van der Waals surface area (Å²) in [5.41, 5.74) is 25.5. The van der Waals surface area contributed by atoms with Gasteiger partial charge >= 0.3 is 20.1 Å². The molecular weight excluding hydrogens is 1180 g/mol. The maximum absolute atomic E-state index is 5.07. The normalized spacial score (nSPS) is 11.0. The standard InChI is InChI=1S/C79H50N3.Ir/c1-3-17-54(18-4-1)56-29-31-59(32-30-56)76-53-64(79-73-43-41-62(49-63(73)45-48-82-79)55-19-5-2-6-20-55)42-44-75(76)74-26-12-11-25-72(74)67-51-65(70-23-9-7-21-68(70)57-33-37-60(38-34-57)77-27-13-15-46-80-77)50-66(52-67)71-24-10-8-22-69(71)58-35-39-61(40-36-58)78-28-14-16-47-81-78;/h1-37,39,41,43-53H;/q-3;+3. The van der Waals surface area contributed by atoms with Crippen LogP contribution in [0.5, 0.6) is 0 Å². The predicted molar refractivity (Wildman–Crippen MR) is 339 cm³/mol. The Labute approximate surface area is 498 Å². The summed E-state index contributed by atoms with van der Waals surface area (Å²) in [5, 5.41) is 2.20. The molecule has 0 spiro atoms. The molecule has 83 heavy (non-hydrogen) atoms. The largest absolute Gasteiger partial charge is 3.00 e. The summed E-state index contributed by atoms with van der Waals surface area (Å²) in [6.07, 6.45) is 5.57. The van der Waals surface area contributed by atoms with Crippen LogP contribution in [0.2, 0.25) is 0 Å². The van der Waals surface area contributed by atoms with Gasteiger partial charge in [0.15, 0.2) is 0 Å². The summed E-state index contributed by atoms with van der Waals surface area (Å²) in [6, 6.07) is 112. The molecule has 3 heterocycles. The van der Waals surface area contributed by atoms with Gasteiger partial charge in [-0.1, -0.05) is 233 Å². The fourth-order valence-electron chi connectivity index (χ4n) is 11.3. The zero-order valence-corrected chi connectivity index (χ0v) is 47.4. The van der Waals surface area contributed by atoms with Crippen molar-refractivity contribution in [3.05, 3.63) is 322 Å². The molecule has 0 amide bonds.